The highest BCUT2D eigenvalue weighted by molar-refractivity contribution is 8.00. The standard InChI is InChI=1S/C23H19Cl2N3O2S2/c1-14(29)15-5-8-17(9-6-15)26-23(31)27-18-3-2-4-19(12-18)32-13-22(30)28-21-10-7-16(24)11-20(21)25/h2-12H,13H2,1H3,(H,28,30)(H2,26,27,31). The van der Waals surface area contributed by atoms with Gasteiger partial charge in [-0.1, -0.05) is 29.3 Å². The fourth-order valence-electron chi connectivity index (χ4n) is 2.67. The van der Waals surface area contributed by atoms with Gasteiger partial charge < -0.3 is 16.0 Å². The number of ketones is 1. The maximum atomic E-state index is 12.3. The van der Waals surface area contributed by atoms with Crippen LogP contribution in [0.1, 0.15) is 17.3 Å². The van der Waals surface area contributed by atoms with E-state index in [4.69, 9.17) is 35.4 Å². The largest absolute Gasteiger partial charge is 0.332 e. The highest BCUT2D eigenvalue weighted by atomic mass is 35.5. The second-order valence-electron chi connectivity index (χ2n) is 6.70. The molecule has 164 valence electrons. The lowest BCUT2D eigenvalue weighted by atomic mass is 10.1. The first-order valence-corrected chi connectivity index (χ1v) is 11.6. The summed E-state index contributed by atoms with van der Waals surface area (Å²) in [6.07, 6.45) is 0. The Labute approximate surface area is 205 Å². The van der Waals surface area contributed by atoms with E-state index < -0.39 is 0 Å². The zero-order valence-corrected chi connectivity index (χ0v) is 20.1. The third-order valence-electron chi connectivity index (χ3n) is 4.22. The van der Waals surface area contributed by atoms with E-state index in [0.29, 0.717) is 26.4 Å². The van der Waals surface area contributed by atoms with E-state index in [2.05, 4.69) is 16.0 Å². The fourth-order valence-corrected chi connectivity index (χ4v) is 4.12. The Morgan fingerprint density at radius 2 is 1.62 bits per heavy atom. The number of hydrogen-bond donors (Lipinski definition) is 3. The molecule has 0 fully saturated rings. The third kappa shape index (κ3) is 7.24. The molecule has 3 aromatic carbocycles. The second-order valence-corrected chi connectivity index (χ2v) is 9.00. The lowest BCUT2D eigenvalue weighted by molar-refractivity contribution is -0.113. The van der Waals surface area contributed by atoms with E-state index in [1.165, 1.54) is 18.7 Å². The lowest BCUT2D eigenvalue weighted by Gasteiger charge is -2.12. The maximum absolute atomic E-state index is 12.3. The zero-order chi connectivity index (χ0) is 23.1. The minimum Gasteiger partial charge on any atom is -0.332 e. The summed E-state index contributed by atoms with van der Waals surface area (Å²) in [5.74, 6) is 0.0495. The van der Waals surface area contributed by atoms with Crippen LogP contribution in [0.2, 0.25) is 10.0 Å². The van der Waals surface area contributed by atoms with Crippen LogP contribution in [0.15, 0.2) is 71.6 Å². The summed E-state index contributed by atoms with van der Waals surface area (Å²) in [7, 11) is 0. The molecule has 0 heterocycles. The summed E-state index contributed by atoms with van der Waals surface area (Å²) >= 11 is 18.7. The van der Waals surface area contributed by atoms with Gasteiger partial charge in [0.05, 0.1) is 16.5 Å². The minimum atomic E-state index is -0.177. The summed E-state index contributed by atoms with van der Waals surface area (Å²) in [4.78, 5) is 24.5. The van der Waals surface area contributed by atoms with Gasteiger partial charge in [0.15, 0.2) is 10.9 Å². The van der Waals surface area contributed by atoms with E-state index in [1.807, 2.05) is 24.3 Å². The predicted molar refractivity (Wildman–Crippen MR) is 139 cm³/mol. The number of Topliss-reactive ketones (excluding diaryl/α,β-unsaturated/α-hetero) is 1. The van der Waals surface area contributed by atoms with Crippen LogP contribution in [0.4, 0.5) is 17.1 Å². The summed E-state index contributed by atoms with van der Waals surface area (Å²) < 4.78 is 0. The van der Waals surface area contributed by atoms with E-state index >= 15 is 0 Å². The number of nitrogens with one attached hydrogen (secondary N) is 3. The molecule has 0 saturated heterocycles. The van der Waals surface area contributed by atoms with Crippen molar-refractivity contribution in [3.8, 4) is 0 Å². The number of carbonyl (C=O) groups is 2. The van der Waals surface area contributed by atoms with Crippen molar-refractivity contribution in [2.75, 3.05) is 21.7 Å². The smallest absolute Gasteiger partial charge is 0.234 e. The van der Waals surface area contributed by atoms with Crippen molar-refractivity contribution in [2.24, 2.45) is 0 Å². The van der Waals surface area contributed by atoms with Gasteiger partial charge in [0.1, 0.15) is 0 Å². The van der Waals surface area contributed by atoms with Crippen LogP contribution in [0.3, 0.4) is 0 Å². The van der Waals surface area contributed by atoms with Crippen LogP contribution in [-0.2, 0) is 4.79 Å². The Hall–Kier alpha value is -2.58. The van der Waals surface area contributed by atoms with Gasteiger partial charge in [-0.15, -0.1) is 11.8 Å². The molecule has 0 saturated carbocycles. The SMILES string of the molecule is CC(=O)c1ccc(NC(=S)Nc2cccc(SCC(=O)Nc3ccc(Cl)cc3Cl)c2)cc1. The van der Waals surface area contributed by atoms with Gasteiger partial charge >= 0.3 is 0 Å². The highest BCUT2D eigenvalue weighted by Crippen LogP contribution is 2.26. The number of rotatable bonds is 7. The number of amides is 1. The molecule has 5 nitrogen and oxygen atoms in total. The number of anilines is 3. The molecule has 0 radical (unpaired) electrons. The molecule has 0 aromatic heterocycles. The minimum absolute atomic E-state index is 0.0107. The van der Waals surface area contributed by atoms with Gasteiger partial charge in [0, 0.05) is 26.9 Å². The molecule has 32 heavy (non-hydrogen) atoms. The van der Waals surface area contributed by atoms with Crippen molar-refractivity contribution in [3.05, 3.63) is 82.3 Å². The Kier molecular flexibility index (Phi) is 8.53. The monoisotopic (exact) mass is 503 g/mol. The summed E-state index contributed by atoms with van der Waals surface area (Å²) in [5, 5.41) is 10.3. The molecule has 1 amide bonds. The van der Waals surface area contributed by atoms with Crippen molar-refractivity contribution >= 4 is 81.0 Å². The second kappa shape index (κ2) is 11.3. The van der Waals surface area contributed by atoms with E-state index in [9.17, 15) is 9.59 Å². The average molecular weight is 504 g/mol. The number of halogens is 2. The quantitative estimate of drug-likeness (QED) is 0.188. The first kappa shape index (κ1) is 24.1. The molecule has 0 spiro atoms. The number of thioether (sulfide) groups is 1. The molecule has 3 aromatic rings. The van der Waals surface area contributed by atoms with Crippen LogP contribution < -0.4 is 16.0 Å². The van der Waals surface area contributed by atoms with Gasteiger partial charge in [-0.05, 0) is 79.8 Å². The molecule has 0 bridgehead atoms. The van der Waals surface area contributed by atoms with Crippen molar-refractivity contribution in [1.29, 1.82) is 0 Å². The molecule has 0 aliphatic carbocycles. The van der Waals surface area contributed by atoms with Gasteiger partial charge in [0.2, 0.25) is 5.91 Å². The van der Waals surface area contributed by atoms with Crippen LogP contribution in [0.5, 0.6) is 0 Å². The maximum Gasteiger partial charge on any atom is 0.234 e. The zero-order valence-electron chi connectivity index (χ0n) is 16.9. The fraction of sp³-hybridized carbons (Fsp3) is 0.0870. The number of hydrogen-bond acceptors (Lipinski definition) is 4. The molecular weight excluding hydrogens is 485 g/mol. The van der Waals surface area contributed by atoms with Crippen LogP contribution in [0, 0.1) is 0 Å². The summed E-state index contributed by atoms with van der Waals surface area (Å²) in [5.41, 5.74) is 2.72. The van der Waals surface area contributed by atoms with E-state index in [-0.39, 0.29) is 17.4 Å². The molecule has 9 heteroatoms. The highest BCUT2D eigenvalue weighted by Gasteiger charge is 2.08. The molecule has 3 rings (SSSR count). The topological polar surface area (TPSA) is 70.2 Å². The summed E-state index contributed by atoms with van der Waals surface area (Å²) in [6, 6.07) is 19.6. The molecule has 0 aliphatic heterocycles. The molecular formula is C23H19Cl2N3O2S2. The van der Waals surface area contributed by atoms with Crippen molar-refractivity contribution in [3.63, 3.8) is 0 Å². The van der Waals surface area contributed by atoms with E-state index in [0.717, 1.165) is 16.3 Å². The van der Waals surface area contributed by atoms with E-state index in [1.54, 1.807) is 42.5 Å². The number of thiocarbonyl (C=S) groups is 1. The van der Waals surface area contributed by atoms with Crippen LogP contribution >= 0.6 is 47.2 Å². The Morgan fingerprint density at radius 1 is 0.906 bits per heavy atom. The first-order chi connectivity index (χ1) is 15.3. The molecule has 3 N–H and O–H groups in total. The predicted octanol–water partition coefficient (Wildman–Crippen LogP) is 6.74. The van der Waals surface area contributed by atoms with Gasteiger partial charge in [-0.25, -0.2) is 0 Å². The Bertz CT molecular complexity index is 1150. The van der Waals surface area contributed by atoms with Gasteiger partial charge in [-0.3, -0.25) is 9.59 Å². The number of carbonyl (C=O) groups excluding carboxylic acids is 2. The number of benzene rings is 3. The van der Waals surface area contributed by atoms with Gasteiger partial charge in [-0.2, -0.15) is 0 Å². The summed E-state index contributed by atoms with van der Waals surface area (Å²) in [6.45, 7) is 1.52. The van der Waals surface area contributed by atoms with Crippen molar-refractivity contribution < 1.29 is 9.59 Å². The van der Waals surface area contributed by atoms with Gasteiger partial charge in [0.25, 0.3) is 0 Å². The average Bonchev–Trinajstić information content (AvgIpc) is 2.75. The lowest BCUT2D eigenvalue weighted by Crippen LogP contribution is -2.19. The normalized spacial score (nSPS) is 10.3. The third-order valence-corrected chi connectivity index (χ3v) is 5.96. The first-order valence-electron chi connectivity index (χ1n) is 9.47. The Balaban J connectivity index is 1.52. The van der Waals surface area contributed by atoms with Crippen LogP contribution in [-0.4, -0.2) is 22.6 Å². The molecule has 0 atom stereocenters. The van der Waals surface area contributed by atoms with Crippen molar-refractivity contribution in [1.82, 2.24) is 0 Å². The van der Waals surface area contributed by atoms with Crippen LogP contribution in [0.25, 0.3) is 0 Å². The molecule has 0 aliphatic rings. The van der Waals surface area contributed by atoms with Crippen molar-refractivity contribution in [2.45, 2.75) is 11.8 Å². The molecule has 0 unspecified atom stereocenters. The Morgan fingerprint density at radius 3 is 2.31 bits per heavy atom.